The first-order chi connectivity index (χ1) is 8.20. The molecule has 0 saturated heterocycles. The Morgan fingerprint density at radius 3 is 3.06 bits per heavy atom. The molecule has 0 bridgehead atoms. The van der Waals surface area contributed by atoms with Crippen LogP contribution < -0.4 is 10.5 Å². The van der Waals surface area contributed by atoms with Crippen LogP contribution in [0.5, 0.6) is 5.75 Å². The van der Waals surface area contributed by atoms with Gasteiger partial charge < -0.3 is 10.5 Å². The normalized spacial score (nSPS) is 20.1. The van der Waals surface area contributed by atoms with E-state index in [0.717, 1.165) is 25.2 Å². The second-order valence-corrected chi connectivity index (χ2v) is 5.21. The molecular weight excluding hydrogens is 210 g/mol. The molecule has 0 spiro atoms. The first-order valence-electron chi connectivity index (χ1n) is 6.72. The second kappa shape index (κ2) is 5.54. The Hall–Kier alpha value is -1.02. The Morgan fingerprint density at radius 1 is 1.47 bits per heavy atom. The number of rotatable bonds is 5. The minimum Gasteiger partial charge on any atom is -0.493 e. The Morgan fingerprint density at radius 2 is 2.29 bits per heavy atom. The van der Waals surface area contributed by atoms with Crippen molar-refractivity contribution >= 4 is 0 Å². The molecule has 2 heteroatoms. The number of aryl methyl sites for hydroxylation is 1. The highest BCUT2D eigenvalue weighted by Gasteiger charge is 2.19. The zero-order valence-electron chi connectivity index (χ0n) is 10.9. The number of fused-ring (bicyclic) bond motifs is 1. The molecule has 1 aromatic rings. The SMILES string of the molecule is CCCC(C)COc1ccc2c(c1)CC[C@H]2N. The molecule has 0 fully saturated rings. The van der Waals surface area contributed by atoms with E-state index < -0.39 is 0 Å². The minimum atomic E-state index is 0.234. The van der Waals surface area contributed by atoms with E-state index in [2.05, 4.69) is 32.0 Å². The molecule has 2 atom stereocenters. The molecule has 94 valence electrons. The molecule has 1 aromatic carbocycles. The Labute approximate surface area is 104 Å². The van der Waals surface area contributed by atoms with Gasteiger partial charge in [0.2, 0.25) is 0 Å². The number of ether oxygens (including phenoxy) is 1. The van der Waals surface area contributed by atoms with Crippen LogP contribution in [0.3, 0.4) is 0 Å². The maximum atomic E-state index is 6.02. The maximum Gasteiger partial charge on any atom is 0.119 e. The van der Waals surface area contributed by atoms with Crippen LogP contribution in [-0.4, -0.2) is 6.61 Å². The topological polar surface area (TPSA) is 35.2 Å². The van der Waals surface area contributed by atoms with Gasteiger partial charge in [-0.15, -0.1) is 0 Å². The maximum absolute atomic E-state index is 6.02. The summed E-state index contributed by atoms with van der Waals surface area (Å²) < 4.78 is 5.84. The first kappa shape index (κ1) is 12.4. The lowest BCUT2D eigenvalue weighted by molar-refractivity contribution is 0.251. The molecule has 0 saturated carbocycles. The third-order valence-corrected chi connectivity index (χ3v) is 3.55. The van der Waals surface area contributed by atoms with Gasteiger partial charge in [-0.25, -0.2) is 0 Å². The summed E-state index contributed by atoms with van der Waals surface area (Å²) >= 11 is 0. The summed E-state index contributed by atoms with van der Waals surface area (Å²) in [6.45, 7) is 5.28. The van der Waals surface area contributed by atoms with Crippen LogP contribution in [0, 0.1) is 5.92 Å². The summed E-state index contributed by atoms with van der Waals surface area (Å²) in [4.78, 5) is 0. The highest BCUT2D eigenvalue weighted by molar-refractivity contribution is 5.40. The van der Waals surface area contributed by atoms with Crippen molar-refractivity contribution in [1.82, 2.24) is 0 Å². The predicted octanol–water partition coefficient (Wildman–Crippen LogP) is 3.45. The highest BCUT2D eigenvalue weighted by atomic mass is 16.5. The zero-order chi connectivity index (χ0) is 12.3. The summed E-state index contributed by atoms with van der Waals surface area (Å²) in [6, 6.07) is 6.59. The molecular formula is C15H23NO. The standard InChI is InChI=1S/C15H23NO/c1-3-4-11(2)10-17-13-6-7-14-12(9-13)5-8-15(14)16/h6-7,9,11,15H,3-5,8,10,16H2,1-2H3/t11?,15-/m1/s1. The van der Waals surface area contributed by atoms with Crippen molar-refractivity contribution in [2.75, 3.05) is 6.61 Å². The third-order valence-electron chi connectivity index (χ3n) is 3.55. The molecule has 0 radical (unpaired) electrons. The fraction of sp³-hybridized carbons (Fsp3) is 0.600. The average molecular weight is 233 g/mol. The van der Waals surface area contributed by atoms with E-state index in [1.54, 1.807) is 0 Å². The smallest absolute Gasteiger partial charge is 0.119 e. The van der Waals surface area contributed by atoms with Crippen molar-refractivity contribution in [3.63, 3.8) is 0 Å². The van der Waals surface area contributed by atoms with Crippen molar-refractivity contribution in [2.24, 2.45) is 11.7 Å². The largest absolute Gasteiger partial charge is 0.493 e. The quantitative estimate of drug-likeness (QED) is 0.845. The van der Waals surface area contributed by atoms with Gasteiger partial charge in [-0.3, -0.25) is 0 Å². The summed E-state index contributed by atoms with van der Waals surface area (Å²) in [5.41, 5.74) is 8.70. The van der Waals surface area contributed by atoms with Crippen LogP contribution in [-0.2, 0) is 6.42 Å². The number of hydrogen-bond acceptors (Lipinski definition) is 2. The molecule has 17 heavy (non-hydrogen) atoms. The Kier molecular flexibility index (Phi) is 4.06. The number of hydrogen-bond donors (Lipinski definition) is 1. The van der Waals surface area contributed by atoms with Crippen LogP contribution in [0.1, 0.15) is 50.3 Å². The van der Waals surface area contributed by atoms with Gasteiger partial charge in [-0.05, 0) is 48.4 Å². The van der Waals surface area contributed by atoms with Crippen molar-refractivity contribution < 1.29 is 4.74 Å². The molecule has 1 aliphatic carbocycles. The van der Waals surface area contributed by atoms with Gasteiger partial charge in [0.15, 0.2) is 0 Å². The summed E-state index contributed by atoms with van der Waals surface area (Å²) in [5, 5.41) is 0. The fourth-order valence-electron chi connectivity index (χ4n) is 2.53. The van der Waals surface area contributed by atoms with Crippen molar-refractivity contribution in [2.45, 2.75) is 45.6 Å². The Balaban J connectivity index is 1.94. The van der Waals surface area contributed by atoms with E-state index >= 15 is 0 Å². The summed E-state index contributed by atoms with van der Waals surface area (Å²) in [6.07, 6.45) is 4.63. The lowest BCUT2D eigenvalue weighted by Crippen LogP contribution is -2.08. The molecule has 0 amide bonds. The second-order valence-electron chi connectivity index (χ2n) is 5.21. The highest BCUT2D eigenvalue weighted by Crippen LogP contribution is 2.31. The third kappa shape index (κ3) is 3.01. The van der Waals surface area contributed by atoms with Crippen molar-refractivity contribution in [3.8, 4) is 5.75 Å². The van der Waals surface area contributed by atoms with E-state index in [0.29, 0.717) is 5.92 Å². The monoisotopic (exact) mass is 233 g/mol. The van der Waals surface area contributed by atoms with Gasteiger partial charge in [-0.2, -0.15) is 0 Å². The summed E-state index contributed by atoms with van der Waals surface area (Å²) in [7, 11) is 0. The van der Waals surface area contributed by atoms with Gasteiger partial charge >= 0.3 is 0 Å². The minimum absolute atomic E-state index is 0.234. The van der Waals surface area contributed by atoms with Crippen LogP contribution in [0.4, 0.5) is 0 Å². The van der Waals surface area contributed by atoms with Crippen LogP contribution in [0.2, 0.25) is 0 Å². The van der Waals surface area contributed by atoms with E-state index in [4.69, 9.17) is 10.5 Å². The zero-order valence-corrected chi connectivity index (χ0v) is 10.9. The van der Waals surface area contributed by atoms with Crippen molar-refractivity contribution in [1.29, 1.82) is 0 Å². The molecule has 1 unspecified atom stereocenters. The van der Waals surface area contributed by atoms with Gasteiger partial charge in [0.25, 0.3) is 0 Å². The molecule has 2 rings (SSSR count). The number of nitrogens with two attached hydrogens (primary N) is 1. The van der Waals surface area contributed by atoms with Gasteiger partial charge in [0.1, 0.15) is 5.75 Å². The van der Waals surface area contributed by atoms with E-state index in [9.17, 15) is 0 Å². The lowest BCUT2D eigenvalue weighted by atomic mass is 10.1. The van der Waals surface area contributed by atoms with E-state index in [1.807, 2.05) is 0 Å². The van der Waals surface area contributed by atoms with Gasteiger partial charge in [0.05, 0.1) is 6.61 Å². The lowest BCUT2D eigenvalue weighted by Gasteiger charge is -2.13. The van der Waals surface area contributed by atoms with Crippen LogP contribution in [0.15, 0.2) is 18.2 Å². The molecule has 0 heterocycles. The average Bonchev–Trinajstić information content (AvgIpc) is 2.69. The van der Waals surface area contributed by atoms with E-state index in [1.165, 1.54) is 24.0 Å². The molecule has 1 aliphatic rings. The summed E-state index contributed by atoms with van der Waals surface area (Å²) in [5.74, 6) is 1.64. The predicted molar refractivity (Wildman–Crippen MR) is 71.3 cm³/mol. The van der Waals surface area contributed by atoms with Crippen molar-refractivity contribution in [3.05, 3.63) is 29.3 Å². The molecule has 2 nitrogen and oxygen atoms in total. The number of benzene rings is 1. The van der Waals surface area contributed by atoms with Gasteiger partial charge in [0, 0.05) is 6.04 Å². The van der Waals surface area contributed by atoms with Gasteiger partial charge in [-0.1, -0.05) is 26.3 Å². The molecule has 2 N–H and O–H groups in total. The first-order valence-corrected chi connectivity index (χ1v) is 6.72. The molecule has 0 aromatic heterocycles. The van der Waals surface area contributed by atoms with Crippen LogP contribution in [0.25, 0.3) is 0 Å². The molecule has 0 aliphatic heterocycles. The fourth-order valence-corrected chi connectivity index (χ4v) is 2.53. The Bertz CT molecular complexity index is 375. The van der Waals surface area contributed by atoms with E-state index in [-0.39, 0.29) is 6.04 Å². The van der Waals surface area contributed by atoms with Crippen LogP contribution >= 0.6 is 0 Å².